The number of rotatable bonds is 3. The van der Waals surface area contributed by atoms with Gasteiger partial charge >= 0.3 is 0 Å². The maximum Gasteiger partial charge on any atom is 0.251 e. The Hall–Kier alpha value is -1.75. The molecule has 106 valence electrons. The van der Waals surface area contributed by atoms with Crippen LogP contribution in [-0.2, 0) is 0 Å². The van der Waals surface area contributed by atoms with Gasteiger partial charge in [-0.25, -0.2) is 0 Å². The van der Waals surface area contributed by atoms with Crippen molar-refractivity contribution in [3.8, 4) is 0 Å². The summed E-state index contributed by atoms with van der Waals surface area (Å²) in [5, 5.41) is 2.94. The Morgan fingerprint density at radius 2 is 2.05 bits per heavy atom. The molecule has 0 aliphatic carbocycles. The minimum absolute atomic E-state index is 0.121. The lowest BCUT2D eigenvalue weighted by Gasteiger charge is -2.13. The van der Waals surface area contributed by atoms with Gasteiger partial charge in [0.05, 0.1) is 6.04 Å². The molecule has 3 N–H and O–H groups in total. The van der Waals surface area contributed by atoms with Crippen molar-refractivity contribution in [1.29, 1.82) is 0 Å². The van der Waals surface area contributed by atoms with Crippen LogP contribution >= 0.6 is 15.9 Å². The second-order valence-electron chi connectivity index (χ2n) is 4.80. The summed E-state index contributed by atoms with van der Waals surface area (Å²) in [5.74, 6) is 1.51. The van der Waals surface area contributed by atoms with E-state index in [4.69, 9.17) is 10.2 Å². The topological polar surface area (TPSA) is 68.3 Å². The van der Waals surface area contributed by atoms with Crippen molar-refractivity contribution in [1.82, 2.24) is 5.32 Å². The van der Waals surface area contributed by atoms with Gasteiger partial charge in [0.2, 0.25) is 0 Å². The maximum absolute atomic E-state index is 12.2. The first kappa shape index (κ1) is 14.7. The fourth-order valence-corrected chi connectivity index (χ4v) is 2.37. The number of halogens is 1. The van der Waals surface area contributed by atoms with Gasteiger partial charge in [0.1, 0.15) is 11.5 Å². The molecule has 5 heteroatoms. The molecule has 1 amide bonds. The molecule has 0 spiro atoms. The Labute approximate surface area is 126 Å². The second kappa shape index (κ2) is 5.71. The van der Waals surface area contributed by atoms with E-state index in [2.05, 4.69) is 21.2 Å². The van der Waals surface area contributed by atoms with Crippen molar-refractivity contribution in [2.45, 2.75) is 26.8 Å². The number of benzene rings is 1. The first-order valence-corrected chi connectivity index (χ1v) is 7.10. The van der Waals surface area contributed by atoms with Crippen molar-refractivity contribution in [3.63, 3.8) is 0 Å². The van der Waals surface area contributed by atoms with E-state index in [-0.39, 0.29) is 11.9 Å². The number of hydrogen-bond donors (Lipinski definition) is 2. The van der Waals surface area contributed by atoms with Crippen LogP contribution in [0, 0.1) is 13.8 Å². The molecule has 1 heterocycles. The van der Waals surface area contributed by atoms with E-state index in [1.165, 1.54) is 0 Å². The highest BCUT2D eigenvalue weighted by Crippen LogP contribution is 2.23. The molecular weight excluding hydrogens is 320 g/mol. The van der Waals surface area contributed by atoms with E-state index < -0.39 is 0 Å². The van der Waals surface area contributed by atoms with Crippen LogP contribution in [0.3, 0.4) is 0 Å². The van der Waals surface area contributed by atoms with E-state index in [1.54, 1.807) is 18.2 Å². The molecule has 0 saturated carbocycles. The number of carbonyl (C=O) groups is 1. The van der Waals surface area contributed by atoms with Crippen LogP contribution < -0.4 is 11.1 Å². The molecule has 20 heavy (non-hydrogen) atoms. The van der Waals surface area contributed by atoms with Gasteiger partial charge in [0.25, 0.3) is 5.91 Å². The molecular formula is C15H17BrN2O2. The van der Waals surface area contributed by atoms with Crippen LogP contribution in [0.5, 0.6) is 0 Å². The van der Waals surface area contributed by atoms with Gasteiger partial charge in [-0.3, -0.25) is 4.79 Å². The van der Waals surface area contributed by atoms with E-state index in [0.29, 0.717) is 11.3 Å². The first-order chi connectivity index (χ1) is 9.38. The lowest BCUT2D eigenvalue weighted by molar-refractivity contribution is 0.0940. The molecule has 0 bridgehead atoms. The second-order valence-corrected chi connectivity index (χ2v) is 5.65. The van der Waals surface area contributed by atoms with Crippen molar-refractivity contribution < 1.29 is 9.21 Å². The van der Waals surface area contributed by atoms with Crippen molar-refractivity contribution in [2.24, 2.45) is 0 Å². The summed E-state index contributed by atoms with van der Waals surface area (Å²) >= 11 is 3.31. The normalized spacial score (nSPS) is 12.2. The average molecular weight is 337 g/mol. The number of carbonyl (C=O) groups excluding carboxylic acids is 1. The number of nitrogens with two attached hydrogens (primary N) is 1. The van der Waals surface area contributed by atoms with Crippen LogP contribution in [0.2, 0.25) is 0 Å². The fraction of sp³-hybridized carbons (Fsp3) is 0.267. The molecule has 0 aliphatic heterocycles. The minimum atomic E-state index is -0.157. The van der Waals surface area contributed by atoms with Gasteiger partial charge < -0.3 is 15.5 Å². The van der Waals surface area contributed by atoms with Crippen LogP contribution in [0.1, 0.15) is 40.4 Å². The molecule has 2 aromatic rings. The summed E-state index contributed by atoms with van der Waals surface area (Å²) in [7, 11) is 0. The van der Waals surface area contributed by atoms with Gasteiger partial charge in [0, 0.05) is 21.3 Å². The van der Waals surface area contributed by atoms with Crippen molar-refractivity contribution >= 4 is 27.5 Å². The Bertz CT molecular complexity index is 649. The molecule has 0 fully saturated rings. The lowest BCUT2D eigenvalue weighted by Crippen LogP contribution is -2.26. The molecule has 1 aromatic heterocycles. The van der Waals surface area contributed by atoms with Gasteiger partial charge in [-0.2, -0.15) is 0 Å². The SMILES string of the molecule is Cc1cc(C(C)NC(=O)c2ccc(Br)c(N)c2)c(C)o1. The summed E-state index contributed by atoms with van der Waals surface area (Å²) < 4.78 is 6.26. The highest BCUT2D eigenvalue weighted by Gasteiger charge is 2.16. The monoisotopic (exact) mass is 336 g/mol. The molecule has 1 atom stereocenters. The number of aryl methyl sites for hydroxylation is 2. The van der Waals surface area contributed by atoms with Crippen molar-refractivity contribution in [2.75, 3.05) is 5.73 Å². The Morgan fingerprint density at radius 3 is 2.60 bits per heavy atom. The standard InChI is InChI=1S/C15H17BrN2O2/c1-8-6-12(10(3)20-8)9(2)18-15(19)11-4-5-13(16)14(17)7-11/h4-7,9H,17H2,1-3H3,(H,18,19). The largest absolute Gasteiger partial charge is 0.466 e. The van der Waals surface area contributed by atoms with Crippen LogP contribution in [0.15, 0.2) is 33.2 Å². The molecule has 0 aliphatic rings. The number of anilines is 1. The minimum Gasteiger partial charge on any atom is -0.466 e. The predicted molar refractivity (Wildman–Crippen MR) is 82.6 cm³/mol. The Balaban J connectivity index is 2.15. The van der Waals surface area contributed by atoms with Gasteiger partial charge in [-0.15, -0.1) is 0 Å². The maximum atomic E-state index is 12.2. The zero-order valence-electron chi connectivity index (χ0n) is 11.7. The smallest absolute Gasteiger partial charge is 0.251 e. The van der Waals surface area contributed by atoms with Gasteiger partial charge in [-0.1, -0.05) is 0 Å². The van der Waals surface area contributed by atoms with E-state index >= 15 is 0 Å². The lowest BCUT2D eigenvalue weighted by atomic mass is 10.1. The molecule has 4 nitrogen and oxygen atoms in total. The number of hydrogen-bond acceptors (Lipinski definition) is 3. The Morgan fingerprint density at radius 1 is 1.35 bits per heavy atom. The van der Waals surface area contributed by atoms with E-state index in [9.17, 15) is 4.79 Å². The van der Waals surface area contributed by atoms with Crippen LogP contribution in [-0.4, -0.2) is 5.91 Å². The summed E-state index contributed by atoms with van der Waals surface area (Å²) in [5.41, 5.74) is 7.85. The van der Waals surface area contributed by atoms with Crippen LogP contribution in [0.4, 0.5) is 5.69 Å². The summed E-state index contributed by atoms with van der Waals surface area (Å²) in [6.45, 7) is 5.71. The summed E-state index contributed by atoms with van der Waals surface area (Å²) in [6, 6.07) is 6.97. The zero-order chi connectivity index (χ0) is 14.9. The third kappa shape index (κ3) is 3.04. The third-order valence-corrected chi connectivity index (χ3v) is 3.87. The van der Waals surface area contributed by atoms with E-state index in [0.717, 1.165) is 21.6 Å². The van der Waals surface area contributed by atoms with Gasteiger partial charge in [-0.05, 0) is 61.0 Å². The van der Waals surface area contributed by atoms with Gasteiger partial charge in [0.15, 0.2) is 0 Å². The first-order valence-electron chi connectivity index (χ1n) is 6.31. The summed E-state index contributed by atoms with van der Waals surface area (Å²) in [6.07, 6.45) is 0. The zero-order valence-corrected chi connectivity index (χ0v) is 13.2. The fourth-order valence-electron chi connectivity index (χ4n) is 2.12. The average Bonchev–Trinajstić information content (AvgIpc) is 2.71. The Kier molecular flexibility index (Phi) is 4.18. The molecule has 2 rings (SSSR count). The highest BCUT2D eigenvalue weighted by molar-refractivity contribution is 9.10. The number of furan rings is 1. The quantitative estimate of drug-likeness (QED) is 0.839. The molecule has 1 aromatic carbocycles. The van der Waals surface area contributed by atoms with Crippen molar-refractivity contribution in [3.05, 3.63) is 51.4 Å². The molecule has 0 saturated heterocycles. The van der Waals surface area contributed by atoms with E-state index in [1.807, 2.05) is 26.8 Å². The van der Waals surface area contributed by atoms with Crippen LogP contribution in [0.25, 0.3) is 0 Å². The molecule has 0 radical (unpaired) electrons. The third-order valence-electron chi connectivity index (χ3n) is 3.15. The number of nitrogen functional groups attached to an aromatic ring is 1. The predicted octanol–water partition coefficient (Wildman–Crippen LogP) is 3.73. The number of nitrogens with one attached hydrogen (secondary N) is 1. The highest BCUT2D eigenvalue weighted by atomic mass is 79.9. The molecule has 1 unspecified atom stereocenters. The summed E-state index contributed by atoms with van der Waals surface area (Å²) in [4.78, 5) is 12.2. The number of amides is 1.